The summed E-state index contributed by atoms with van der Waals surface area (Å²) in [6, 6.07) is 30.2. The number of para-hydroxylation sites is 1. The first-order valence-electron chi connectivity index (χ1n) is 10.8. The molecular weight excluding hydrogens is 435 g/mol. The van der Waals surface area contributed by atoms with E-state index in [1.165, 1.54) is 19.1 Å². The van der Waals surface area contributed by atoms with Gasteiger partial charge in [-0.15, -0.1) is 0 Å². The van der Waals surface area contributed by atoms with Crippen molar-refractivity contribution in [3.8, 4) is 33.5 Å². The molecule has 0 aliphatic heterocycles. The molecule has 0 N–H and O–H groups in total. The number of rotatable bonds is 3. The average molecular weight is 455 g/mol. The summed E-state index contributed by atoms with van der Waals surface area (Å²) in [4.78, 5) is 13.1. The summed E-state index contributed by atoms with van der Waals surface area (Å²) < 4.78 is 41.1. The van der Waals surface area contributed by atoms with Crippen LogP contribution in [0.15, 0.2) is 103 Å². The molecule has 0 amide bonds. The van der Waals surface area contributed by atoms with Crippen molar-refractivity contribution in [2.24, 2.45) is 0 Å². The summed E-state index contributed by atoms with van der Waals surface area (Å²) in [7, 11) is 0. The molecule has 0 aliphatic rings. The van der Waals surface area contributed by atoms with Crippen molar-refractivity contribution in [1.82, 2.24) is 4.57 Å². The molecule has 0 radical (unpaired) electrons. The Morgan fingerprint density at radius 2 is 1.26 bits per heavy atom. The zero-order valence-corrected chi connectivity index (χ0v) is 18.3. The maximum atomic E-state index is 13.1. The van der Waals surface area contributed by atoms with Crippen molar-refractivity contribution >= 4 is 16.8 Å². The zero-order chi connectivity index (χ0) is 23.9. The van der Waals surface area contributed by atoms with Crippen LogP contribution in [0.25, 0.3) is 44.4 Å². The number of benzene rings is 4. The van der Waals surface area contributed by atoms with Gasteiger partial charge in [0, 0.05) is 23.4 Å². The van der Waals surface area contributed by atoms with Gasteiger partial charge < -0.3 is 0 Å². The van der Waals surface area contributed by atoms with Crippen molar-refractivity contribution in [1.29, 1.82) is 0 Å². The lowest BCUT2D eigenvalue weighted by Crippen LogP contribution is -2.08. The van der Waals surface area contributed by atoms with Crippen LogP contribution in [0.1, 0.15) is 17.3 Å². The van der Waals surface area contributed by atoms with Crippen LogP contribution in [-0.2, 0) is 6.18 Å². The topological polar surface area (TPSA) is 22.0 Å². The van der Waals surface area contributed by atoms with Gasteiger partial charge in [-0.05, 0) is 28.8 Å². The molecule has 0 saturated carbocycles. The van der Waals surface area contributed by atoms with Gasteiger partial charge in [-0.1, -0.05) is 91.0 Å². The molecule has 0 atom stereocenters. The van der Waals surface area contributed by atoms with Crippen LogP contribution < -0.4 is 0 Å². The number of carbonyl (C=O) groups excluding carboxylic acids is 1. The lowest BCUT2D eigenvalue weighted by Gasteiger charge is -2.12. The van der Waals surface area contributed by atoms with Crippen LogP contribution in [-0.4, -0.2) is 10.5 Å². The van der Waals surface area contributed by atoms with E-state index >= 15 is 0 Å². The van der Waals surface area contributed by atoms with Gasteiger partial charge in [0.15, 0.2) is 0 Å². The van der Waals surface area contributed by atoms with Crippen molar-refractivity contribution < 1.29 is 18.0 Å². The number of fused-ring (bicyclic) bond motifs is 1. The third kappa shape index (κ3) is 3.69. The number of nitrogens with zero attached hydrogens (tertiary/aromatic N) is 1. The molecule has 5 rings (SSSR count). The molecule has 0 bridgehead atoms. The van der Waals surface area contributed by atoms with E-state index in [1.54, 1.807) is 4.57 Å². The summed E-state index contributed by atoms with van der Waals surface area (Å²) in [6.07, 6.45) is -4.41. The molecule has 34 heavy (non-hydrogen) atoms. The number of alkyl halides is 3. The number of hydrogen-bond donors (Lipinski definition) is 0. The summed E-state index contributed by atoms with van der Waals surface area (Å²) >= 11 is 0. The first-order chi connectivity index (χ1) is 16.4. The molecule has 0 spiro atoms. The lowest BCUT2D eigenvalue weighted by molar-refractivity contribution is -0.137. The van der Waals surface area contributed by atoms with E-state index in [2.05, 4.69) is 0 Å². The Kier molecular flexibility index (Phi) is 5.33. The van der Waals surface area contributed by atoms with E-state index in [1.807, 2.05) is 78.9 Å². The highest BCUT2D eigenvalue weighted by Gasteiger charge is 2.30. The fourth-order valence-corrected chi connectivity index (χ4v) is 4.49. The second-order valence-electron chi connectivity index (χ2n) is 8.09. The van der Waals surface area contributed by atoms with Gasteiger partial charge in [-0.2, -0.15) is 13.2 Å². The smallest absolute Gasteiger partial charge is 0.279 e. The molecule has 0 saturated heterocycles. The van der Waals surface area contributed by atoms with Crippen LogP contribution in [0.2, 0.25) is 0 Å². The second-order valence-corrected chi connectivity index (χ2v) is 8.09. The van der Waals surface area contributed by atoms with E-state index in [9.17, 15) is 18.0 Å². The predicted octanol–water partition coefficient (Wildman–Crippen LogP) is 8.32. The minimum Gasteiger partial charge on any atom is -0.279 e. The highest BCUT2D eigenvalue weighted by molar-refractivity contribution is 6.13. The molecule has 0 fully saturated rings. The van der Waals surface area contributed by atoms with Gasteiger partial charge >= 0.3 is 6.18 Å². The Morgan fingerprint density at radius 3 is 1.82 bits per heavy atom. The summed E-state index contributed by atoms with van der Waals surface area (Å²) in [6.45, 7) is 1.50. The first-order valence-corrected chi connectivity index (χ1v) is 10.8. The van der Waals surface area contributed by atoms with E-state index < -0.39 is 11.7 Å². The van der Waals surface area contributed by atoms with E-state index in [0.29, 0.717) is 16.6 Å². The van der Waals surface area contributed by atoms with Gasteiger partial charge in [0.2, 0.25) is 5.91 Å². The normalized spacial score (nSPS) is 11.6. The highest BCUT2D eigenvalue weighted by Crippen LogP contribution is 2.44. The van der Waals surface area contributed by atoms with Crippen molar-refractivity contribution in [2.45, 2.75) is 13.1 Å². The summed E-state index contributed by atoms with van der Waals surface area (Å²) in [5, 5.41) is 0.859. The van der Waals surface area contributed by atoms with Gasteiger partial charge in [0.25, 0.3) is 0 Å². The number of hydrogen-bond acceptors (Lipinski definition) is 1. The first kappa shape index (κ1) is 21.7. The van der Waals surface area contributed by atoms with Gasteiger partial charge in [0.1, 0.15) is 0 Å². The average Bonchev–Trinajstić information content (AvgIpc) is 3.20. The molecule has 2 nitrogen and oxygen atoms in total. The molecule has 1 aromatic heterocycles. The fourth-order valence-electron chi connectivity index (χ4n) is 4.49. The Morgan fingerprint density at radius 1 is 0.676 bits per heavy atom. The molecule has 5 aromatic rings. The molecule has 0 aliphatic carbocycles. The zero-order valence-electron chi connectivity index (χ0n) is 18.3. The number of aromatic nitrogens is 1. The molecule has 0 unspecified atom stereocenters. The van der Waals surface area contributed by atoms with Crippen LogP contribution in [0, 0.1) is 0 Å². The molecule has 5 heteroatoms. The van der Waals surface area contributed by atoms with Crippen molar-refractivity contribution in [3.63, 3.8) is 0 Å². The summed E-state index contributed by atoms with van der Waals surface area (Å²) in [5.41, 5.74) is 4.77. The van der Waals surface area contributed by atoms with Gasteiger partial charge in [0.05, 0.1) is 16.8 Å². The SMILES string of the molecule is CC(=O)n1c(-c2ccccc2)c(-c2ccccc2)c2cccc(-c3ccc(C(F)(F)F)cc3)c21. The lowest BCUT2D eigenvalue weighted by atomic mass is 9.96. The van der Waals surface area contributed by atoms with Crippen molar-refractivity contribution in [2.75, 3.05) is 0 Å². The van der Waals surface area contributed by atoms with E-state index in [0.717, 1.165) is 39.9 Å². The van der Waals surface area contributed by atoms with Gasteiger partial charge in [-0.25, -0.2) is 0 Å². The largest absolute Gasteiger partial charge is 0.416 e. The van der Waals surface area contributed by atoms with Crippen LogP contribution in [0.5, 0.6) is 0 Å². The molecule has 4 aromatic carbocycles. The van der Waals surface area contributed by atoms with Crippen LogP contribution in [0.3, 0.4) is 0 Å². The molecule has 1 heterocycles. The van der Waals surface area contributed by atoms with E-state index in [-0.39, 0.29) is 5.91 Å². The quantitative estimate of drug-likeness (QED) is 0.268. The van der Waals surface area contributed by atoms with Crippen LogP contribution in [0.4, 0.5) is 13.2 Å². The Labute approximate surface area is 194 Å². The highest BCUT2D eigenvalue weighted by atomic mass is 19.4. The van der Waals surface area contributed by atoms with Gasteiger partial charge in [-0.3, -0.25) is 9.36 Å². The molecule has 168 valence electrons. The monoisotopic (exact) mass is 455 g/mol. The maximum Gasteiger partial charge on any atom is 0.416 e. The van der Waals surface area contributed by atoms with Crippen LogP contribution >= 0.6 is 0 Å². The fraction of sp³-hybridized carbons (Fsp3) is 0.0690. The maximum absolute atomic E-state index is 13.1. The van der Waals surface area contributed by atoms with Crippen molar-refractivity contribution in [3.05, 3.63) is 109 Å². The Balaban J connectivity index is 1.88. The third-order valence-corrected chi connectivity index (χ3v) is 5.94. The Hall–Kier alpha value is -4.12. The number of carbonyl (C=O) groups is 1. The minimum absolute atomic E-state index is 0.176. The number of halogens is 3. The minimum atomic E-state index is -4.41. The third-order valence-electron chi connectivity index (χ3n) is 5.94. The standard InChI is InChI=1S/C29H20F3NO/c1-19(34)33-27(22-11-6-3-7-12-22)26(21-9-4-2-5-10-21)25-14-8-13-24(28(25)33)20-15-17-23(18-16-20)29(30,31)32/h2-18H,1H3. The van der Waals surface area contributed by atoms with E-state index in [4.69, 9.17) is 0 Å². The second kappa shape index (κ2) is 8.34. The Bertz CT molecular complexity index is 1480. The molecular formula is C29H20F3NO. The predicted molar refractivity (Wildman–Crippen MR) is 130 cm³/mol. The summed E-state index contributed by atoms with van der Waals surface area (Å²) in [5.74, 6) is -0.176.